The third-order valence-corrected chi connectivity index (χ3v) is 10.0. The molecule has 1 aliphatic rings. The molecule has 5 heteroatoms. The number of nitriles is 2. The fourth-order valence-electron chi connectivity index (χ4n) is 7.89. The second-order valence-corrected chi connectivity index (χ2v) is 12.7. The van der Waals surface area contributed by atoms with Crippen molar-refractivity contribution in [3.63, 3.8) is 0 Å². The Bertz CT molecular complexity index is 2760. The number of para-hydroxylation sites is 3. The maximum absolute atomic E-state index is 10.2. The van der Waals surface area contributed by atoms with E-state index in [2.05, 4.69) is 107 Å². The molecule has 0 radical (unpaired) electrons. The molecule has 3 heterocycles. The molecule has 0 saturated carbocycles. The monoisotopic (exact) mass is 642 g/mol. The van der Waals surface area contributed by atoms with Crippen molar-refractivity contribution in [1.29, 1.82) is 10.5 Å². The van der Waals surface area contributed by atoms with Gasteiger partial charge in [0.25, 0.3) is 0 Å². The van der Waals surface area contributed by atoms with Crippen LogP contribution < -0.4 is 4.74 Å². The topological polar surface area (TPSA) is 66.7 Å². The maximum Gasteiger partial charge on any atom is 0.148 e. The number of aromatic nitrogens is 2. The summed E-state index contributed by atoms with van der Waals surface area (Å²) in [6, 6.07) is 46.0. The Morgan fingerprint density at radius 3 is 1.88 bits per heavy atom. The van der Waals surface area contributed by atoms with Crippen LogP contribution in [0, 0.1) is 22.7 Å². The Labute approximate surface area is 289 Å². The number of hydrogen-bond donors (Lipinski definition) is 0. The predicted octanol–water partition coefficient (Wildman–Crippen LogP) is 10.9. The van der Waals surface area contributed by atoms with E-state index >= 15 is 0 Å². The predicted molar refractivity (Wildman–Crippen MR) is 202 cm³/mol. The van der Waals surface area contributed by atoms with Crippen LogP contribution in [-0.2, 0) is 0 Å². The Kier molecular flexibility index (Phi) is 6.69. The number of rotatable bonds is 5. The molecule has 9 rings (SSSR count). The first-order valence-electron chi connectivity index (χ1n) is 16.7. The van der Waals surface area contributed by atoms with Crippen molar-refractivity contribution in [2.45, 2.75) is 18.9 Å². The lowest BCUT2D eigenvalue weighted by atomic mass is 9.94. The molecule has 50 heavy (non-hydrogen) atoms. The van der Waals surface area contributed by atoms with Gasteiger partial charge >= 0.3 is 0 Å². The van der Waals surface area contributed by atoms with E-state index in [1.54, 1.807) is 0 Å². The van der Waals surface area contributed by atoms with Crippen molar-refractivity contribution in [2.24, 2.45) is 0 Å². The van der Waals surface area contributed by atoms with Gasteiger partial charge < -0.3 is 13.9 Å². The summed E-state index contributed by atoms with van der Waals surface area (Å²) < 4.78 is 11.3. The quantitative estimate of drug-likeness (QED) is 0.175. The van der Waals surface area contributed by atoms with Crippen LogP contribution in [0.25, 0.3) is 66.1 Å². The van der Waals surface area contributed by atoms with Crippen molar-refractivity contribution >= 4 is 43.6 Å². The van der Waals surface area contributed by atoms with E-state index in [1.807, 2.05) is 67.6 Å². The Morgan fingerprint density at radius 1 is 0.640 bits per heavy atom. The van der Waals surface area contributed by atoms with E-state index in [9.17, 15) is 10.5 Å². The second kappa shape index (κ2) is 11.4. The number of benzene rings is 6. The van der Waals surface area contributed by atoms with Crippen LogP contribution in [0.15, 0.2) is 146 Å². The van der Waals surface area contributed by atoms with Crippen molar-refractivity contribution in [3.05, 3.63) is 163 Å². The highest BCUT2D eigenvalue weighted by Crippen LogP contribution is 2.49. The van der Waals surface area contributed by atoms with Gasteiger partial charge in [0.2, 0.25) is 0 Å². The van der Waals surface area contributed by atoms with Crippen molar-refractivity contribution < 1.29 is 4.74 Å². The van der Waals surface area contributed by atoms with Gasteiger partial charge in [-0.1, -0.05) is 84.9 Å². The van der Waals surface area contributed by atoms with Crippen LogP contribution in [0.2, 0.25) is 0 Å². The largest absolute Gasteiger partial charge is 0.483 e. The number of hydrogen-bond acceptors (Lipinski definition) is 3. The molecule has 236 valence electrons. The molecule has 2 atom stereocenters. The lowest BCUT2D eigenvalue weighted by Crippen LogP contribution is -2.13. The van der Waals surface area contributed by atoms with Crippen LogP contribution in [0.1, 0.15) is 29.5 Å². The smallest absolute Gasteiger partial charge is 0.148 e. The molecule has 0 bridgehead atoms. The van der Waals surface area contributed by atoms with Gasteiger partial charge in [-0.05, 0) is 61.5 Å². The number of allylic oxidation sites excluding steroid dienone is 1. The van der Waals surface area contributed by atoms with Gasteiger partial charge in [0.15, 0.2) is 0 Å². The highest BCUT2D eigenvalue weighted by atomic mass is 16.5. The summed E-state index contributed by atoms with van der Waals surface area (Å²) in [5.74, 6) is 0.849. The van der Waals surface area contributed by atoms with Gasteiger partial charge in [0, 0.05) is 44.2 Å². The molecular weight excluding hydrogens is 613 g/mol. The van der Waals surface area contributed by atoms with E-state index in [4.69, 9.17) is 4.74 Å². The van der Waals surface area contributed by atoms with Gasteiger partial charge in [-0.25, -0.2) is 0 Å². The molecule has 1 aliphatic heterocycles. The van der Waals surface area contributed by atoms with Gasteiger partial charge in [0.1, 0.15) is 11.9 Å². The van der Waals surface area contributed by atoms with Gasteiger partial charge in [-0.3, -0.25) is 0 Å². The Morgan fingerprint density at radius 2 is 1.24 bits per heavy atom. The fraction of sp³-hybridized carbons (Fsp3) is 0.0667. The summed E-state index contributed by atoms with van der Waals surface area (Å²) in [5, 5.41) is 24.8. The summed E-state index contributed by atoms with van der Waals surface area (Å²) in [5.41, 5.74) is 9.81. The minimum Gasteiger partial charge on any atom is -0.483 e. The minimum atomic E-state index is -0.162. The number of ether oxygens (including phenoxy) is 1. The van der Waals surface area contributed by atoms with E-state index in [-0.39, 0.29) is 12.0 Å². The first kappa shape index (κ1) is 29.3. The molecule has 6 aromatic carbocycles. The number of nitrogens with zero attached hydrogens (tertiary/aromatic N) is 4. The van der Waals surface area contributed by atoms with Crippen molar-refractivity contribution in [1.82, 2.24) is 9.13 Å². The SMILES string of the molecule is C=CC1c2ccc3c4ccccc4n(-c4ccc(C#N)cc4-c4ccc(C#N)cc4-n4c5ccccc5c5ccccc54)c3c2OC1/C=C\C. The second-order valence-electron chi connectivity index (χ2n) is 12.7. The molecule has 2 aromatic heterocycles. The van der Waals surface area contributed by atoms with Crippen molar-refractivity contribution in [3.8, 4) is 40.4 Å². The fourth-order valence-corrected chi connectivity index (χ4v) is 7.89. The summed E-state index contributed by atoms with van der Waals surface area (Å²) in [6.07, 6.45) is 5.93. The maximum atomic E-state index is 10.2. The normalized spacial score (nSPS) is 15.4. The van der Waals surface area contributed by atoms with Gasteiger partial charge in [-0.15, -0.1) is 6.58 Å². The minimum absolute atomic E-state index is 0.0120. The summed E-state index contributed by atoms with van der Waals surface area (Å²) in [6.45, 7) is 6.17. The molecule has 5 nitrogen and oxygen atoms in total. The van der Waals surface area contributed by atoms with E-state index in [0.29, 0.717) is 11.1 Å². The third kappa shape index (κ3) is 4.18. The summed E-state index contributed by atoms with van der Waals surface area (Å²) in [7, 11) is 0. The lowest BCUT2D eigenvalue weighted by molar-refractivity contribution is 0.272. The average molecular weight is 643 g/mol. The van der Waals surface area contributed by atoms with Gasteiger partial charge in [0.05, 0.1) is 56.7 Å². The Balaban J connectivity index is 1.41. The van der Waals surface area contributed by atoms with E-state index in [0.717, 1.165) is 77.4 Å². The van der Waals surface area contributed by atoms with E-state index in [1.165, 1.54) is 0 Å². The standard InChI is InChI=1S/C45H30N4O/c1-3-11-43-30(4-2)36-22-21-35-33-14-7-10-17-40(33)49(44(35)45(36)50-43)41-23-19-28(26-46)24-37(41)34-20-18-29(27-47)25-42(34)48-38-15-8-5-12-31(38)32-13-6-9-16-39(32)48/h3-25,30,43H,2H2,1H3/b11-3-. The summed E-state index contributed by atoms with van der Waals surface area (Å²) >= 11 is 0. The molecular formula is C45H30N4O. The summed E-state index contributed by atoms with van der Waals surface area (Å²) in [4.78, 5) is 0. The van der Waals surface area contributed by atoms with Crippen LogP contribution in [-0.4, -0.2) is 15.2 Å². The molecule has 2 unspecified atom stereocenters. The molecule has 0 spiro atoms. The van der Waals surface area contributed by atoms with Crippen LogP contribution in [0.3, 0.4) is 0 Å². The highest BCUT2D eigenvalue weighted by molar-refractivity contribution is 6.13. The molecule has 0 saturated heterocycles. The number of fused-ring (bicyclic) bond motifs is 8. The average Bonchev–Trinajstić information content (AvgIpc) is 3.82. The molecule has 0 aliphatic carbocycles. The highest BCUT2D eigenvalue weighted by Gasteiger charge is 2.34. The first-order valence-corrected chi connectivity index (χ1v) is 16.7. The van der Waals surface area contributed by atoms with E-state index < -0.39 is 0 Å². The molecule has 0 fully saturated rings. The van der Waals surface area contributed by atoms with Crippen LogP contribution in [0.4, 0.5) is 0 Å². The van der Waals surface area contributed by atoms with Gasteiger partial charge in [-0.2, -0.15) is 10.5 Å². The van der Waals surface area contributed by atoms with Crippen LogP contribution in [0.5, 0.6) is 5.75 Å². The van der Waals surface area contributed by atoms with Crippen molar-refractivity contribution in [2.75, 3.05) is 0 Å². The zero-order valence-corrected chi connectivity index (χ0v) is 27.3. The Hall–Kier alpha value is -6.82. The molecule has 0 N–H and O–H groups in total. The first-order chi connectivity index (χ1) is 24.6. The third-order valence-electron chi connectivity index (χ3n) is 10.0. The lowest BCUT2D eigenvalue weighted by Gasteiger charge is -2.19. The van der Waals surface area contributed by atoms with Crippen LogP contribution >= 0.6 is 0 Å². The zero-order chi connectivity index (χ0) is 33.9. The molecule has 0 amide bonds. The zero-order valence-electron chi connectivity index (χ0n) is 27.3. The molecule has 8 aromatic rings.